The second kappa shape index (κ2) is 4.41. The molecule has 1 aliphatic carbocycles. The topological polar surface area (TPSA) is 18.5 Å². The molecule has 1 aromatic carbocycles. The molecular weight excluding hydrogens is 238 g/mol. The maximum atomic E-state index is 13.1. The van der Waals surface area contributed by atoms with Gasteiger partial charge in [-0.15, -0.1) is 8.78 Å². The van der Waals surface area contributed by atoms with Gasteiger partial charge in [-0.25, -0.2) is 0 Å². The maximum Gasteiger partial charge on any atom is 0.586 e. The normalized spacial score (nSPS) is 22.1. The molecule has 1 heterocycles. The molecule has 1 fully saturated rings. The van der Waals surface area contributed by atoms with Gasteiger partial charge < -0.3 is 9.47 Å². The zero-order chi connectivity index (χ0) is 12.6. The number of hydrogen-bond donors (Lipinski definition) is 0. The summed E-state index contributed by atoms with van der Waals surface area (Å²) in [4.78, 5) is 0. The molecule has 0 unspecified atom stereocenters. The number of hydrogen-bond acceptors (Lipinski definition) is 2. The quantitative estimate of drug-likeness (QED) is 0.790. The van der Waals surface area contributed by atoms with Crippen LogP contribution in [0.15, 0.2) is 18.2 Å². The van der Waals surface area contributed by atoms with Crippen molar-refractivity contribution >= 4 is 0 Å². The van der Waals surface area contributed by atoms with Crippen LogP contribution in [0.25, 0.3) is 0 Å². The van der Waals surface area contributed by atoms with E-state index in [1.54, 1.807) is 6.07 Å². The predicted molar refractivity (Wildman–Crippen MR) is 62.9 cm³/mol. The first-order valence-electron chi connectivity index (χ1n) is 6.52. The Morgan fingerprint density at radius 3 is 2.67 bits per heavy atom. The summed E-state index contributed by atoms with van der Waals surface area (Å²) in [6, 6.07) is 5.14. The van der Waals surface area contributed by atoms with Crippen LogP contribution < -0.4 is 9.47 Å². The third-order valence-electron chi connectivity index (χ3n) is 3.74. The molecule has 0 bridgehead atoms. The number of halogens is 2. The number of ether oxygens (including phenoxy) is 2. The minimum Gasteiger partial charge on any atom is -0.395 e. The van der Waals surface area contributed by atoms with Crippen molar-refractivity contribution in [2.75, 3.05) is 0 Å². The molecule has 0 saturated heterocycles. The molecule has 0 spiro atoms. The Labute approximate surface area is 105 Å². The Morgan fingerprint density at radius 1 is 1.11 bits per heavy atom. The van der Waals surface area contributed by atoms with Crippen LogP contribution in [0.5, 0.6) is 11.5 Å². The fourth-order valence-electron chi connectivity index (χ4n) is 2.89. The highest BCUT2D eigenvalue weighted by Crippen LogP contribution is 2.44. The van der Waals surface area contributed by atoms with Crippen molar-refractivity contribution in [3.63, 3.8) is 0 Å². The molecule has 1 saturated carbocycles. The van der Waals surface area contributed by atoms with E-state index in [2.05, 4.69) is 9.47 Å². The van der Waals surface area contributed by atoms with Gasteiger partial charge in [-0.05, 0) is 24.0 Å². The summed E-state index contributed by atoms with van der Waals surface area (Å²) in [5, 5.41) is 0. The summed E-state index contributed by atoms with van der Waals surface area (Å²) >= 11 is 0. The highest BCUT2D eigenvalue weighted by atomic mass is 19.3. The zero-order valence-corrected chi connectivity index (χ0v) is 10.1. The molecule has 1 aromatic rings. The average molecular weight is 254 g/mol. The van der Waals surface area contributed by atoms with E-state index in [9.17, 15) is 8.78 Å². The van der Waals surface area contributed by atoms with E-state index in [1.165, 1.54) is 38.2 Å². The molecule has 0 N–H and O–H groups in total. The molecule has 1 aliphatic heterocycles. The minimum absolute atomic E-state index is 0.160. The fourth-order valence-corrected chi connectivity index (χ4v) is 2.89. The Balaban J connectivity index is 1.79. The van der Waals surface area contributed by atoms with Crippen LogP contribution in [0.3, 0.4) is 0 Å². The van der Waals surface area contributed by atoms with Gasteiger partial charge >= 0.3 is 6.29 Å². The van der Waals surface area contributed by atoms with Crippen LogP contribution >= 0.6 is 0 Å². The molecule has 18 heavy (non-hydrogen) atoms. The summed E-state index contributed by atoms with van der Waals surface area (Å²) < 4.78 is 35.2. The first-order chi connectivity index (χ1) is 8.64. The van der Waals surface area contributed by atoms with E-state index < -0.39 is 6.29 Å². The molecule has 0 aromatic heterocycles. The zero-order valence-electron chi connectivity index (χ0n) is 10.1. The van der Waals surface area contributed by atoms with Crippen LogP contribution in [-0.2, 0) is 6.42 Å². The third-order valence-corrected chi connectivity index (χ3v) is 3.74. The van der Waals surface area contributed by atoms with Crippen LogP contribution in [0, 0.1) is 5.92 Å². The van der Waals surface area contributed by atoms with Gasteiger partial charge in [-0.2, -0.15) is 0 Å². The van der Waals surface area contributed by atoms with Crippen molar-refractivity contribution in [3.8, 4) is 11.5 Å². The molecule has 2 nitrogen and oxygen atoms in total. The lowest BCUT2D eigenvalue weighted by Gasteiger charge is -2.21. The van der Waals surface area contributed by atoms with Gasteiger partial charge in [0.15, 0.2) is 11.5 Å². The van der Waals surface area contributed by atoms with Crippen LogP contribution in [0.1, 0.15) is 37.7 Å². The fraction of sp³-hybridized carbons (Fsp3) is 0.571. The van der Waals surface area contributed by atoms with E-state index in [1.807, 2.05) is 6.07 Å². The van der Waals surface area contributed by atoms with Crippen LogP contribution in [-0.4, -0.2) is 6.29 Å². The summed E-state index contributed by atoms with van der Waals surface area (Å²) in [6.45, 7) is 0. The standard InChI is InChI=1S/C14H16F2O2/c15-14(16)17-12-8-4-7-11(13(12)18-14)9-10-5-2-1-3-6-10/h4,7-8,10H,1-3,5-6,9H2. The maximum absolute atomic E-state index is 13.1. The van der Waals surface area contributed by atoms with Crippen molar-refractivity contribution in [1.82, 2.24) is 0 Å². The summed E-state index contributed by atoms with van der Waals surface area (Å²) in [5.74, 6) is 0.976. The van der Waals surface area contributed by atoms with Crippen molar-refractivity contribution in [1.29, 1.82) is 0 Å². The van der Waals surface area contributed by atoms with Crippen molar-refractivity contribution in [2.45, 2.75) is 44.8 Å². The van der Waals surface area contributed by atoms with Crippen LogP contribution in [0.2, 0.25) is 0 Å². The predicted octanol–water partition coefficient (Wildman–Crippen LogP) is 4.13. The number of para-hydroxylation sites is 1. The average Bonchev–Trinajstić information content (AvgIpc) is 2.66. The summed E-state index contributed by atoms with van der Waals surface area (Å²) in [6.07, 6.45) is 3.44. The number of alkyl halides is 2. The van der Waals surface area contributed by atoms with E-state index in [0.29, 0.717) is 5.92 Å². The molecule has 0 radical (unpaired) electrons. The van der Waals surface area contributed by atoms with Crippen molar-refractivity contribution in [2.24, 2.45) is 5.92 Å². The molecule has 0 amide bonds. The highest BCUT2D eigenvalue weighted by Gasteiger charge is 2.44. The first-order valence-corrected chi connectivity index (χ1v) is 6.52. The second-order valence-corrected chi connectivity index (χ2v) is 5.12. The van der Waals surface area contributed by atoms with E-state index in [4.69, 9.17) is 0 Å². The lowest BCUT2D eigenvalue weighted by Crippen LogP contribution is -2.26. The highest BCUT2D eigenvalue weighted by molar-refractivity contribution is 5.48. The Hall–Kier alpha value is -1.32. The van der Waals surface area contributed by atoms with Gasteiger partial charge in [-0.3, -0.25) is 0 Å². The van der Waals surface area contributed by atoms with Crippen molar-refractivity contribution < 1.29 is 18.3 Å². The number of rotatable bonds is 2. The van der Waals surface area contributed by atoms with Gasteiger partial charge in [0.05, 0.1) is 0 Å². The lowest BCUT2D eigenvalue weighted by molar-refractivity contribution is -0.287. The smallest absolute Gasteiger partial charge is 0.395 e. The van der Waals surface area contributed by atoms with E-state index in [0.717, 1.165) is 12.0 Å². The van der Waals surface area contributed by atoms with Gasteiger partial charge in [0.25, 0.3) is 0 Å². The Morgan fingerprint density at radius 2 is 1.89 bits per heavy atom. The number of benzene rings is 1. The Bertz CT molecular complexity index is 439. The van der Waals surface area contributed by atoms with Gasteiger partial charge in [0, 0.05) is 0 Å². The minimum atomic E-state index is -3.51. The lowest BCUT2D eigenvalue weighted by atomic mass is 9.84. The molecule has 3 rings (SSSR count). The summed E-state index contributed by atoms with van der Waals surface area (Å²) in [5.41, 5.74) is 0.844. The SMILES string of the molecule is FC1(F)Oc2cccc(CC3CCCCC3)c2O1. The van der Waals surface area contributed by atoms with E-state index >= 15 is 0 Å². The molecule has 2 aliphatic rings. The van der Waals surface area contributed by atoms with Gasteiger partial charge in [0.2, 0.25) is 0 Å². The summed E-state index contributed by atoms with van der Waals surface area (Å²) in [7, 11) is 0. The number of fused-ring (bicyclic) bond motifs is 1. The van der Waals surface area contributed by atoms with Crippen molar-refractivity contribution in [3.05, 3.63) is 23.8 Å². The second-order valence-electron chi connectivity index (χ2n) is 5.12. The monoisotopic (exact) mass is 254 g/mol. The van der Waals surface area contributed by atoms with E-state index in [-0.39, 0.29) is 11.5 Å². The molecule has 0 atom stereocenters. The molecule has 4 heteroatoms. The third kappa shape index (κ3) is 2.28. The molecule has 98 valence electrons. The van der Waals surface area contributed by atoms with Gasteiger partial charge in [0.1, 0.15) is 0 Å². The Kier molecular flexibility index (Phi) is 2.88. The first kappa shape index (κ1) is 11.8. The van der Waals surface area contributed by atoms with Gasteiger partial charge in [-0.1, -0.05) is 44.2 Å². The largest absolute Gasteiger partial charge is 0.586 e. The molecular formula is C14H16F2O2. The van der Waals surface area contributed by atoms with Crippen LogP contribution in [0.4, 0.5) is 8.78 Å².